The normalized spacial score (nSPS) is 9.79. The summed E-state index contributed by atoms with van der Waals surface area (Å²) in [5, 5.41) is 4.31. The fourth-order valence-electron chi connectivity index (χ4n) is 2.96. The number of hydrogen-bond acceptors (Lipinski definition) is 0. The minimum Gasteiger partial charge on any atom is -0.180 e. The van der Waals surface area contributed by atoms with Crippen LogP contribution in [0.5, 0.6) is 0 Å². The molecule has 0 aromatic heterocycles. The Kier molecular flexibility index (Phi) is 9.97. The van der Waals surface area contributed by atoms with E-state index in [1.165, 1.54) is 21.5 Å². The summed E-state index contributed by atoms with van der Waals surface area (Å²) in [6.07, 6.45) is 1.08. The van der Waals surface area contributed by atoms with Gasteiger partial charge in [0.25, 0.3) is 0 Å². The van der Waals surface area contributed by atoms with E-state index in [1.54, 1.807) is 0 Å². The Labute approximate surface area is 185 Å². The smallest absolute Gasteiger partial charge is 0.180 e. The van der Waals surface area contributed by atoms with Crippen molar-refractivity contribution in [1.29, 1.82) is 0 Å². The third-order valence-electron chi connectivity index (χ3n) is 4.34. The molecule has 0 saturated heterocycles. The fraction of sp³-hybridized carbons (Fsp3) is 0.0769. The minimum absolute atomic E-state index is 0. The van der Waals surface area contributed by atoms with Crippen molar-refractivity contribution in [2.24, 2.45) is 0 Å². The van der Waals surface area contributed by atoms with Crippen LogP contribution in [0.2, 0.25) is 0 Å². The van der Waals surface area contributed by atoms with Gasteiger partial charge in [0.1, 0.15) is 15.9 Å². The average molecular weight is 565 g/mol. The molecule has 0 bridgehead atoms. The summed E-state index contributed by atoms with van der Waals surface area (Å²) in [5.41, 5.74) is 1.28. The maximum atomic E-state index is 3.12. The Bertz CT molecular complexity index is 800. The average Bonchev–Trinajstić information content (AvgIpc) is 2.77. The van der Waals surface area contributed by atoms with E-state index < -0.39 is 7.92 Å². The molecule has 4 rings (SSSR count). The van der Waals surface area contributed by atoms with Crippen molar-refractivity contribution >= 4 is 23.8 Å². The Morgan fingerprint density at radius 3 is 1.25 bits per heavy atom. The van der Waals surface area contributed by atoms with E-state index >= 15 is 0 Å². The SMILES string of the molecule is CCc1[c-]cccc1.[Au+].c1ccc([PH+](c2ccccc2)c2ccccc2)cc1. The van der Waals surface area contributed by atoms with E-state index in [2.05, 4.69) is 110 Å². The summed E-state index contributed by atoms with van der Waals surface area (Å²) >= 11 is 0. The summed E-state index contributed by atoms with van der Waals surface area (Å²) in [4.78, 5) is 0. The first-order chi connectivity index (χ1) is 13.4. The van der Waals surface area contributed by atoms with Crippen LogP contribution < -0.4 is 15.9 Å². The van der Waals surface area contributed by atoms with E-state index in [4.69, 9.17) is 0 Å². The zero-order chi connectivity index (χ0) is 18.7. The van der Waals surface area contributed by atoms with Crippen molar-refractivity contribution in [3.05, 3.63) is 127 Å². The second-order valence-electron chi connectivity index (χ2n) is 6.21. The molecular formula is C26H25AuP+. The summed E-state index contributed by atoms with van der Waals surface area (Å²) in [6.45, 7) is 2.13. The van der Waals surface area contributed by atoms with Crippen molar-refractivity contribution in [3.63, 3.8) is 0 Å². The molecule has 0 aliphatic heterocycles. The predicted molar refractivity (Wildman–Crippen MR) is 121 cm³/mol. The molecule has 4 aromatic carbocycles. The van der Waals surface area contributed by atoms with Gasteiger partial charge in [0.05, 0.1) is 7.92 Å². The molecule has 144 valence electrons. The van der Waals surface area contributed by atoms with Gasteiger partial charge in [0.2, 0.25) is 0 Å². The van der Waals surface area contributed by atoms with E-state index in [1.807, 2.05) is 18.2 Å². The maximum absolute atomic E-state index is 3.12. The number of rotatable bonds is 4. The van der Waals surface area contributed by atoms with Crippen molar-refractivity contribution in [2.75, 3.05) is 0 Å². The number of aryl methyl sites for hydroxylation is 1. The first-order valence-corrected chi connectivity index (χ1v) is 10.9. The zero-order valence-electron chi connectivity index (χ0n) is 16.0. The van der Waals surface area contributed by atoms with Crippen LogP contribution in [-0.2, 0) is 28.8 Å². The van der Waals surface area contributed by atoms with Gasteiger partial charge in [-0.3, -0.25) is 0 Å². The van der Waals surface area contributed by atoms with Crippen molar-refractivity contribution < 1.29 is 22.4 Å². The minimum atomic E-state index is -0.877. The van der Waals surface area contributed by atoms with Crippen molar-refractivity contribution in [1.82, 2.24) is 0 Å². The first kappa shape index (κ1) is 22.3. The third kappa shape index (κ3) is 6.59. The van der Waals surface area contributed by atoms with Crippen LogP contribution in [0.4, 0.5) is 0 Å². The monoisotopic (exact) mass is 565 g/mol. The summed E-state index contributed by atoms with van der Waals surface area (Å²) in [6, 6.07) is 43.7. The molecule has 0 N–H and O–H groups in total. The third-order valence-corrected chi connectivity index (χ3v) is 7.07. The molecule has 0 spiro atoms. The van der Waals surface area contributed by atoms with Gasteiger partial charge in [-0.05, 0) is 36.4 Å². The van der Waals surface area contributed by atoms with Crippen LogP contribution in [0.3, 0.4) is 0 Å². The first-order valence-electron chi connectivity index (χ1n) is 9.37. The van der Waals surface area contributed by atoms with E-state index in [0.717, 1.165) is 6.42 Å². The summed E-state index contributed by atoms with van der Waals surface area (Å²) < 4.78 is 0. The Balaban J connectivity index is 0.000000264. The number of hydrogen-bond donors (Lipinski definition) is 0. The van der Waals surface area contributed by atoms with Gasteiger partial charge < -0.3 is 0 Å². The molecule has 0 aliphatic carbocycles. The zero-order valence-corrected chi connectivity index (χ0v) is 19.1. The molecule has 0 fully saturated rings. The molecular weight excluding hydrogens is 540 g/mol. The van der Waals surface area contributed by atoms with Gasteiger partial charge in [-0.2, -0.15) is 35.9 Å². The van der Waals surface area contributed by atoms with Crippen LogP contribution in [0, 0.1) is 6.07 Å². The molecule has 0 nitrogen and oxygen atoms in total. The maximum Gasteiger partial charge on any atom is 1.00 e. The van der Waals surface area contributed by atoms with E-state index in [0.29, 0.717) is 0 Å². The van der Waals surface area contributed by atoms with Gasteiger partial charge in [-0.1, -0.05) is 67.9 Å². The van der Waals surface area contributed by atoms with Crippen LogP contribution in [0.1, 0.15) is 12.5 Å². The van der Waals surface area contributed by atoms with Crippen LogP contribution in [0.15, 0.2) is 115 Å². The summed E-state index contributed by atoms with van der Waals surface area (Å²) in [7, 11) is -0.877. The molecule has 0 saturated carbocycles. The molecule has 0 atom stereocenters. The van der Waals surface area contributed by atoms with Crippen LogP contribution in [-0.4, -0.2) is 0 Å². The molecule has 0 aliphatic rings. The Morgan fingerprint density at radius 2 is 0.964 bits per heavy atom. The topological polar surface area (TPSA) is 0 Å². The van der Waals surface area contributed by atoms with Gasteiger partial charge in [0.15, 0.2) is 0 Å². The Morgan fingerprint density at radius 1 is 0.571 bits per heavy atom. The second-order valence-corrected chi connectivity index (χ2v) is 8.70. The Hall–Kier alpha value is -1.95. The standard InChI is InChI=1S/C18H15P.C8H9.Au/c1-4-10-16(11-5-1)19(17-12-6-2-7-13-17)18-14-8-3-9-15-18;1-2-8-6-4-3-5-7-8;/h1-15H;3-6H,2H2,1H3;/q;-1;+1/p+1. The van der Waals surface area contributed by atoms with Gasteiger partial charge in [-0.25, -0.2) is 0 Å². The van der Waals surface area contributed by atoms with Crippen LogP contribution in [0.25, 0.3) is 0 Å². The molecule has 28 heavy (non-hydrogen) atoms. The molecule has 2 heteroatoms. The second kappa shape index (κ2) is 12.5. The van der Waals surface area contributed by atoms with E-state index in [9.17, 15) is 0 Å². The fourth-order valence-corrected chi connectivity index (χ4v) is 5.54. The van der Waals surface area contributed by atoms with Gasteiger partial charge >= 0.3 is 22.4 Å². The van der Waals surface area contributed by atoms with Gasteiger partial charge in [-0.15, -0.1) is 0 Å². The van der Waals surface area contributed by atoms with Crippen molar-refractivity contribution in [2.45, 2.75) is 13.3 Å². The molecule has 0 heterocycles. The quantitative estimate of drug-likeness (QED) is 0.181. The molecule has 4 aromatic rings. The van der Waals surface area contributed by atoms with Crippen LogP contribution >= 0.6 is 7.92 Å². The van der Waals surface area contributed by atoms with Gasteiger partial charge in [0, 0.05) is 0 Å². The number of benzene rings is 4. The molecule has 0 radical (unpaired) electrons. The summed E-state index contributed by atoms with van der Waals surface area (Å²) in [5.74, 6) is 0. The largest absolute Gasteiger partial charge is 1.00 e. The van der Waals surface area contributed by atoms with Crippen molar-refractivity contribution in [3.8, 4) is 0 Å². The van der Waals surface area contributed by atoms with E-state index in [-0.39, 0.29) is 22.4 Å². The molecule has 0 amide bonds. The predicted octanol–water partition coefficient (Wildman–Crippen LogP) is 5.22. The molecule has 0 unspecified atom stereocenters.